The molecule has 0 spiro atoms. The van der Waals surface area contributed by atoms with Crippen LogP contribution in [-0.2, 0) is 6.54 Å². The summed E-state index contributed by atoms with van der Waals surface area (Å²) in [6, 6.07) is 9.13. The fraction of sp³-hybridized carbons (Fsp3) is 0.0769. The Balaban J connectivity index is 1.92. The van der Waals surface area contributed by atoms with E-state index in [2.05, 4.69) is 30.0 Å². The lowest BCUT2D eigenvalue weighted by Gasteiger charge is -2.10. The molecule has 2 aromatic carbocycles. The Morgan fingerprint density at radius 3 is 2.95 bits per heavy atom. The second kappa shape index (κ2) is 5.55. The Bertz CT molecular complexity index is 777. The monoisotopic (exact) mass is 369 g/mol. The number of phenolic OH excluding ortho intramolecular Hbond substituents is 1. The van der Waals surface area contributed by atoms with Crippen LogP contribution in [0.2, 0.25) is 5.02 Å². The number of aromatic hydroxyl groups is 1. The number of nitrogens with zero attached hydrogens (tertiary/aromatic N) is 2. The van der Waals surface area contributed by atoms with Gasteiger partial charge in [0, 0.05) is 12.1 Å². The van der Waals surface area contributed by atoms with E-state index in [1.807, 2.05) is 18.2 Å². The van der Waals surface area contributed by atoms with Crippen molar-refractivity contribution in [3.63, 3.8) is 0 Å². The third-order valence-electron chi connectivity index (χ3n) is 2.90. The number of para-hydroxylation sites is 1. The molecule has 0 amide bonds. The number of rotatable bonds is 3. The van der Waals surface area contributed by atoms with Crippen LogP contribution in [0.25, 0.3) is 11.0 Å². The van der Waals surface area contributed by atoms with Crippen LogP contribution >= 0.6 is 39.3 Å². The van der Waals surface area contributed by atoms with Gasteiger partial charge in [0.1, 0.15) is 16.8 Å². The molecule has 0 unspecified atom stereocenters. The van der Waals surface area contributed by atoms with Gasteiger partial charge in [0.15, 0.2) is 0 Å². The molecule has 2 N–H and O–H groups in total. The fourth-order valence-electron chi connectivity index (χ4n) is 1.88. The number of phenols is 1. The predicted molar refractivity (Wildman–Crippen MR) is 85.6 cm³/mol. The third kappa shape index (κ3) is 2.46. The van der Waals surface area contributed by atoms with E-state index in [4.69, 9.17) is 11.6 Å². The number of anilines is 1. The summed E-state index contributed by atoms with van der Waals surface area (Å²) in [6.07, 6.45) is 0. The summed E-state index contributed by atoms with van der Waals surface area (Å²) in [5.41, 5.74) is 3.06. The van der Waals surface area contributed by atoms with Gasteiger partial charge in [-0.15, -0.1) is 0 Å². The molecule has 3 rings (SSSR count). The van der Waals surface area contributed by atoms with Crippen molar-refractivity contribution in [3.8, 4) is 5.75 Å². The van der Waals surface area contributed by atoms with Crippen molar-refractivity contribution < 1.29 is 5.11 Å². The van der Waals surface area contributed by atoms with E-state index in [0.29, 0.717) is 16.0 Å². The molecular formula is C13H9BrClN3OS. The van der Waals surface area contributed by atoms with Gasteiger partial charge >= 0.3 is 0 Å². The smallest absolute Gasteiger partial charge is 0.134 e. The lowest BCUT2D eigenvalue weighted by molar-refractivity contribution is 0.465. The highest BCUT2D eigenvalue weighted by molar-refractivity contribution is 9.10. The van der Waals surface area contributed by atoms with Crippen LogP contribution in [-0.4, -0.2) is 13.9 Å². The highest BCUT2D eigenvalue weighted by Gasteiger charge is 2.11. The van der Waals surface area contributed by atoms with Gasteiger partial charge in [0.25, 0.3) is 0 Å². The molecule has 20 heavy (non-hydrogen) atoms. The van der Waals surface area contributed by atoms with Crippen LogP contribution in [0.4, 0.5) is 5.69 Å². The van der Waals surface area contributed by atoms with E-state index in [-0.39, 0.29) is 5.75 Å². The van der Waals surface area contributed by atoms with E-state index >= 15 is 0 Å². The first-order valence-corrected chi connectivity index (χ1v) is 7.68. The van der Waals surface area contributed by atoms with Crippen molar-refractivity contribution in [3.05, 3.63) is 45.4 Å². The molecule has 0 radical (unpaired) electrons. The van der Waals surface area contributed by atoms with Crippen molar-refractivity contribution in [2.45, 2.75) is 6.54 Å². The van der Waals surface area contributed by atoms with Crippen LogP contribution in [0.1, 0.15) is 5.56 Å². The summed E-state index contributed by atoms with van der Waals surface area (Å²) in [4.78, 5) is 0. The predicted octanol–water partition coefficient (Wildman–Crippen LogP) is 4.42. The minimum Gasteiger partial charge on any atom is -0.506 e. The lowest BCUT2D eigenvalue weighted by Crippen LogP contribution is -2.01. The van der Waals surface area contributed by atoms with Crippen molar-refractivity contribution in [1.82, 2.24) is 8.75 Å². The Hall–Kier alpha value is -1.37. The summed E-state index contributed by atoms with van der Waals surface area (Å²) >= 11 is 10.6. The highest BCUT2D eigenvalue weighted by atomic mass is 79.9. The molecular weight excluding hydrogens is 362 g/mol. The number of halogens is 2. The first kappa shape index (κ1) is 13.6. The topological polar surface area (TPSA) is 58.0 Å². The second-order valence-electron chi connectivity index (χ2n) is 4.16. The third-order valence-corrected chi connectivity index (χ3v) is 4.40. The Morgan fingerprint density at radius 1 is 1.25 bits per heavy atom. The number of hydrogen-bond donors (Lipinski definition) is 2. The zero-order chi connectivity index (χ0) is 14.1. The molecule has 0 saturated carbocycles. The van der Waals surface area contributed by atoms with Gasteiger partial charge in [0.05, 0.1) is 26.9 Å². The average molecular weight is 371 g/mol. The second-order valence-corrected chi connectivity index (χ2v) is 5.95. The fourth-order valence-corrected chi connectivity index (χ4v) is 3.05. The largest absolute Gasteiger partial charge is 0.506 e. The van der Waals surface area contributed by atoms with Gasteiger partial charge in [-0.1, -0.05) is 23.7 Å². The molecule has 1 aromatic heterocycles. The molecule has 3 aromatic rings. The zero-order valence-corrected chi connectivity index (χ0v) is 13.3. The van der Waals surface area contributed by atoms with Crippen LogP contribution in [0.3, 0.4) is 0 Å². The summed E-state index contributed by atoms with van der Waals surface area (Å²) in [5, 5.41) is 13.8. The minimum atomic E-state index is 0.222. The van der Waals surface area contributed by atoms with E-state index in [1.165, 1.54) is 0 Å². The average Bonchev–Trinajstić information content (AvgIpc) is 2.90. The molecule has 0 saturated heterocycles. The van der Waals surface area contributed by atoms with Crippen molar-refractivity contribution >= 4 is 56.0 Å². The van der Waals surface area contributed by atoms with Crippen LogP contribution in [0.5, 0.6) is 5.75 Å². The van der Waals surface area contributed by atoms with Crippen molar-refractivity contribution in [2.24, 2.45) is 0 Å². The van der Waals surface area contributed by atoms with Crippen LogP contribution in [0, 0.1) is 0 Å². The van der Waals surface area contributed by atoms with E-state index in [9.17, 15) is 5.11 Å². The molecule has 1 heterocycles. The molecule has 0 fully saturated rings. The SMILES string of the molecule is Oc1c(Br)cccc1CNc1c(Cl)ccc2nsnc12. The number of fused-ring (bicyclic) bond motifs is 1. The quantitative estimate of drug-likeness (QED) is 0.716. The Labute approximate surface area is 132 Å². The van der Waals surface area contributed by atoms with E-state index < -0.39 is 0 Å². The maximum Gasteiger partial charge on any atom is 0.134 e. The summed E-state index contributed by atoms with van der Waals surface area (Å²) in [7, 11) is 0. The molecule has 4 nitrogen and oxygen atoms in total. The van der Waals surface area contributed by atoms with E-state index in [1.54, 1.807) is 12.1 Å². The van der Waals surface area contributed by atoms with Gasteiger partial charge in [-0.3, -0.25) is 0 Å². The summed E-state index contributed by atoms with van der Waals surface area (Å²) in [6.45, 7) is 0.446. The highest BCUT2D eigenvalue weighted by Crippen LogP contribution is 2.32. The summed E-state index contributed by atoms with van der Waals surface area (Å²) in [5.74, 6) is 0.222. The molecule has 0 aliphatic rings. The first-order chi connectivity index (χ1) is 9.66. The number of hydrogen-bond acceptors (Lipinski definition) is 5. The molecule has 0 bridgehead atoms. The van der Waals surface area contributed by atoms with Crippen molar-refractivity contribution in [1.29, 1.82) is 0 Å². The van der Waals surface area contributed by atoms with Gasteiger partial charge in [-0.2, -0.15) is 8.75 Å². The summed E-state index contributed by atoms with van der Waals surface area (Å²) < 4.78 is 9.09. The van der Waals surface area contributed by atoms with Gasteiger partial charge < -0.3 is 10.4 Å². The number of benzene rings is 2. The molecule has 102 valence electrons. The van der Waals surface area contributed by atoms with E-state index in [0.717, 1.165) is 34.0 Å². The minimum absolute atomic E-state index is 0.222. The Kier molecular flexibility index (Phi) is 3.78. The number of nitrogens with one attached hydrogen (secondary N) is 1. The zero-order valence-electron chi connectivity index (χ0n) is 10.1. The molecule has 7 heteroatoms. The van der Waals surface area contributed by atoms with Gasteiger partial charge in [-0.25, -0.2) is 0 Å². The number of aromatic nitrogens is 2. The maximum absolute atomic E-state index is 9.97. The molecule has 0 atom stereocenters. The molecule has 0 aliphatic carbocycles. The lowest BCUT2D eigenvalue weighted by atomic mass is 10.2. The maximum atomic E-state index is 9.97. The van der Waals surface area contributed by atoms with Crippen molar-refractivity contribution in [2.75, 3.05) is 5.32 Å². The van der Waals surface area contributed by atoms with Crippen LogP contribution in [0.15, 0.2) is 34.8 Å². The first-order valence-electron chi connectivity index (χ1n) is 5.78. The Morgan fingerprint density at radius 2 is 2.10 bits per heavy atom. The standard InChI is InChI=1S/C13H9BrClN3OS/c14-8-3-1-2-7(13(8)19)6-16-11-9(15)4-5-10-12(11)18-20-17-10/h1-5,16,19H,6H2. The molecule has 0 aliphatic heterocycles. The van der Waals surface area contributed by atoms with Crippen LogP contribution < -0.4 is 5.32 Å². The normalized spacial score (nSPS) is 10.9. The van der Waals surface area contributed by atoms with Gasteiger partial charge in [-0.05, 0) is 34.1 Å². The van der Waals surface area contributed by atoms with Gasteiger partial charge in [0.2, 0.25) is 0 Å².